The summed E-state index contributed by atoms with van der Waals surface area (Å²) in [5, 5.41) is 9.12. The number of fused-ring (bicyclic) bond motifs is 4. The van der Waals surface area contributed by atoms with Crippen LogP contribution in [-0.2, 0) is 25.7 Å². The fourth-order valence-electron chi connectivity index (χ4n) is 3.47. The molecule has 2 nitrogen and oxygen atoms in total. The van der Waals surface area contributed by atoms with E-state index in [1.165, 1.54) is 38.9 Å². The standard InChI is InChI=1S/C19H21N2/c1-12-8-15-4-6-17-10-19(21-20)11-18(14(17)3)7-5-16(9-12)13(15)2/h8-11H,4-7H2,1-3H3/q+1. The van der Waals surface area contributed by atoms with Crippen molar-refractivity contribution in [3.05, 3.63) is 68.2 Å². The molecule has 106 valence electrons. The van der Waals surface area contributed by atoms with Gasteiger partial charge in [0.05, 0.1) is 0 Å². The largest absolute Gasteiger partial charge is 0.385 e. The van der Waals surface area contributed by atoms with E-state index in [-0.39, 0.29) is 0 Å². The number of nitrogens with zero attached hydrogens (tertiary/aromatic N) is 2. The first-order valence-electron chi connectivity index (χ1n) is 7.65. The zero-order chi connectivity index (χ0) is 15.0. The Bertz CT molecular complexity index is 701. The Morgan fingerprint density at radius 1 is 0.714 bits per heavy atom. The summed E-state index contributed by atoms with van der Waals surface area (Å²) in [6.07, 6.45) is 4.11. The van der Waals surface area contributed by atoms with E-state index >= 15 is 0 Å². The molecule has 0 spiro atoms. The summed E-state index contributed by atoms with van der Waals surface area (Å²) in [5.74, 6) is 0. The van der Waals surface area contributed by atoms with Gasteiger partial charge in [-0.2, -0.15) is 0 Å². The SMILES string of the molecule is Cc1cc2c(C)c(c1)CCc1cc([N+]#N)cc(c1C)CC2. The van der Waals surface area contributed by atoms with E-state index in [2.05, 4.69) is 37.9 Å². The third kappa shape index (κ3) is 2.56. The van der Waals surface area contributed by atoms with E-state index in [0.717, 1.165) is 25.7 Å². The molecule has 2 aromatic rings. The van der Waals surface area contributed by atoms with Gasteiger partial charge in [-0.1, -0.05) is 17.7 Å². The number of hydrogen-bond donors (Lipinski definition) is 0. The molecule has 1 aliphatic rings. The van der Waals surface area contributed by atoms with Gasteiger partial charge in [0.2, 0.25) is 5.39 Å². The molecule has 0 amide bonds. The second-order valence-corrected chi connectivity index (χ2v) is 6.20. The third-order valence-electron chi connectivity index (χ3n) is 4.82. The predicted octanol–water partition coefficient (Wildman–Crippen LogP) is 4.98. The second-order valence-electron chi connectivity index (χ2n) is 6.20. The van der Waals surface area contributed by atoms with Gasteiger partial charge in [-0.3, -0.25) is 0 Å². The molecule has 4 bridgehead atoms. The number of hydrogen-bond acceptors (Lipinski definition) is 1. The highest BCUT2D eigenvalue weighted by molar-refractivity contribution is 5.54. The Kier molecular flexibility index (Phi) is 3.51. The average Bonchev–Trinajstić information content (AvgIpc) is 2.47. The third-order valence-corrected chi connectivity index (χ3v) is 4.82. The van der Waals surface area contributed by atoms with E-state index in [1.807, 2.05) is 12.1 Å². The lowest BCUT2D eigenvalue weighted by Crippen LogP contribution is -2.06. The number of diazo groups is 1. The predicted molar refractivity (Wildman–Crippen MR) is 86.7 cm³/mol. The topological polar surface area (TPSA) is 28.1 Å². The number of benzene rings is 2. The van der Waals surface area contributed by atoms with Crippen molar-refractivity contribution in [2.75, 3.05) is 0 Å². The molecular weight excluding hydrogens is 256 g/mol. The molecule has 2 heteroatoms. The summed E-state index contributed by atoms with van der Waals surface area (Å²) >= 11 is 0. The summed E-state index contributed by atoms with van der Waals surface area (Å²) in [5.41, 5.74) is 10.4. The van der Waals surface area contributed by atoms with Crippen LogP contribution in [0.2, 0.25) is 0 Å². The van der Waals surface area contributed by atoms with Crippen LogP contribution in [0.25, 0.3) is 4.98 Å². The van der Waals surface area contributed by atoms with Crippen LogP contribution in [0.5, 0.6) is 0 Å². The fraction of sp³-hybridized carbons (Fsp3) is 0.368. The lowest BCUT2D eigenvalue weighted by atomic mass is 9.87. The molecule has 0 saturated carbocycles. The molecule has 0 aromatic heterocycles. The van der Waals surface area contributed by atoms with Crippen molar-refractivity contribution < 1.29 is 0 Å². The van der Waals surface area contributed by atoms with Crippen molar-refractivity contribution >= 4 is 5.69 Å². The van der Waals surface area contributed by atoms with Crippen LogP contribution in [0.4, 0.5) is 5.69 Å². The van der Waals surface area contributed by atoms with Crippen LogP contribution >= 0.6 is 0 Å². The first-order valence-corrected chi connectivity index (χ1v) is 7.65. The van der Waals surface area contributed by atoms with E-state index < -0.39 is 0 Å². The molecule has 3 rings (SSSR count). The Labute approximate surface area is 126 Å². The van der Waals surface area contributed by atoms with Crippen LogP contribution in [0.1, 0.15) is 38.9 Å². The molecule has 0 unspecified atom stereocenters. The van der Waals surface area contributed by atoms with Gasteiger partial charge in [-0.15, -0.1) is 0 Å². The maximum Gasteiger partial charge on any atom is 0.385 e. The summed E-state index contributed by atoms with van der Waals surface area (Å²) < 4.78 is 0. The molecule has 0 saturated heterocycles. The van der Waals surface area contributed by atoms with Gasteiger partial charge < -0.3 is 0 Å². The Morgan fingerprint density at radius 3 is 1.48 bits per heavy atom. The van der Waals surface area contributed by atoms with Crippen molar-refractivity contribution in [3.63, 3.8) is 0 Å². The maximum atomic E-state index is 9.12. The molecular formula is C19H21N2+. The zero-order valence-electron chi connectivity index (χ0n) is 13.0. The molecule has 0 radical (unpaired) electrons. The Morgan fingerprint density at radius 2 is 1.10 bits per heavy atom. The molecule has 0 aliphatic heterocycles. The molecule has 0 heterocycles. The number of aryl methyl sites for hydroxylation is 5. The van der Waals surface area contributed by atoms with Crippen LogP contribution in [0, 0.1) is 26.2 Å². The highest BCUT2D eigenvalue weighted by Crippen LogP contribution is 2.28. The van der Waals surface area contributed by atoms with Crippen LogP contribution in [0.3, 0.4) is 0 Å². The van der Waals surface area contributed by atoms with Crippen molar-refractivity contribution in [2.24, 2.45) is 0 Å². The lowest BCUT2D eigenvalue weighted by molar-refractivity contribution is 0.873. The van der Waals surface area contributed by atoms with Gasteiger partial charge in [-0.25, -0.2) is 0 Å². The summed E-state index contributed by atoms with van der Waals surface area (Å²) in [7, 11) is 0. The Balaban J connectivity index is 2.11. The number of rotatable bonds is 0. The van der Waals surface area contributed by atoms with Gasteiger partial charge in [0.15, 0.2) is 4.98 Å². The van der Waals surface area contributed by atoms with E-state index in [9.17, 15) is 0 Å². The van der Waals surface area contributed by atoms with Gasteiger partial charge in [0.1, 0.15) is 0 Å². The van der Waals surface area contributed by atoms with Crippen LogP contribution < -0.4 is 0 Å². The Hall–Kier alpha value is -2.14. The molecule has 1 aliphatic carbocycles. The maximum absolute atomic E-state index is 9.12. The van der Waals surface area contributed by atoms with Crippen molar-refractivity contribution in [1.82, 2.24) is 0 Å². The molecule has 21 heavy (non-hydrogen) atoms. The summed E-state index contributed by atoms with van der Waals surface area (Å²) in [6.45, 7) is 6.63. The lowest BCUT2D eigenvalue weighted by Gasteiger charge is -2.18. The second kappa shape index (κ2) is 5.33. The fourth-order valence-corrected chi connectivity index (χ4v) is 3.47. The normalized spacial score (nSPS) is 13.6. The van der Waals surface area contributed by atoms with Gasteiger partial charge in [0, 0.05) is 12.1 Å². The minimum Gasteiger partial charge on any atom is -0.0558 e. The van der Waals surface area contributed by atoms with Crippen molar-refractivity contribution in [3.8, 4) is 0 Å². The van der Waals surface area contributed by atoms with Crippen molar-refractivity contribution in [2.45, 2.75) is 46.5 Å². The zero-order valence-corrected chi connectivity index (χ0v) is 13.0. The summed E-state index contributed by atoms with van der Waals surface area (Å²) in [4.78, 5) is 3.40. The average molecular weight is 277 g/mol. The smallest absolute Gasteiger partial charge is 0.0558 e. The minimum absolute atomic E-state index is 0.683. The van der Waals surface area contributed by atoms with E-state index in [4.69, 9.17) is 5.39 Å². The minimum atomic E-state index is 0.683. The molecule has 0 atom stereocenters. The van der Waals surface area contributed by atoms with Crippen molar-refractivity contribution in [1.29, 1.82) is 5.39 Å². The summed E-state index contributed by atoms with van der Waals surface area (Å²) in [6, 6.07) is 8.67. The molecule has 2 aromatic carbocycles. The molecule has 0 fully saturated rings. The quantitative estimate of drug-likeness (QED) is 0.624. The monoisotopic (exact) mass is 277 g/mol. The van der Waals surface area contributed by atoms with Gasteiger partial charge in [-0.05, 0) is 79.8 Å². The first kappa shape index (κ1) is 13.8. The van der Waals surface area contributed by atoms with Crippen LogP contribution in [0.15, 0.2) is 24.3 Å². The van der Waals surface area contributed by atoms with E-state index in [1.54, 1.807) is 0 Å². The highest BCUT2D eigenvalue weighted by atomic mass is 14.8. The van der Waals surface area contributed by atoms with Gasteiger partial charge >= 0.3 is 5.69 Å². The first-order chi connectivity index (χ1) is 10.1. The molecule has 0 N–H and O–H groups in total. The van der Waals surface area contributed by atoms with Gasteiger partial charge in [0.25, 0.3) is 0 Å². The van der Waals surface area contributed by atoms with Crippen LogP contribution in [-0.4, -0.2) is 0 Å². The van der Waals surface area contributed by atoms with E-state index in [0.29, 0.717) is 5.69 Å². The highest BCUT2D eigenvalue weighted by Gasteiger charge is 2.17.